The molecule has 4 aromatic carbocycles. The summed E-state index contributed by atoms with van der Waals surface area (Å²) >= 11 is 1.28. The fourth-order valence-corrected chi connectivity index (χ4v) is 7.46. The summed E-state index contributed by atoms with van der Waals surface area (Å²) in [6, 6.07) is 33.1. The summed E-state index contributed by atoms with van der Waals surface area (Å²) in [6.45, 7) is -0.403. The first kappa shape index (κ1) is 35.6. The van der Waals surface area contributed by atoms with Crippen molar-refractivity contribution >= 4 is 41.4 Å². The van der Waals surface area contributed by atoms with Crippen molar-refractivity contribution in [1.29, 1.82) is 0 Å². The van der Waals surface area contributed by atoms with Crippen molar-refractivity contribution < 1.29 is 47.7 Å². The van der Waals surface area contributed by atoms with Crippen LogP contribution in [0.4, 0.5) is 0 Å². The van der Waals surface area contributed by atoms with Gasteiger partial charge in [0.15, 0.2) is 18.3 Å². The number of rotatable bonds is 11. The van der Waals surface area contributed by atoms with Crippen LogP contribution in [0, 0.1) is 0 Å². The van der Waals surface area contributed by atoms with E-state index in [4.69, 9.17) is 23.7 Å². The second-order valence-corrected chi connectivity index (χ2v) is 13.5. The average molecular weight is 709 g/mol. The number of hydrogen-bond acceptors (Lipinski definition) is 11. The van der Waals surface area contributed by atoms with Crippen LogP contribution < -0.4 is 0 Å². The zero-order valence-electron chi connectivity index (χ0n) is 27.5. The van der Waals surface area contributed by atoms with E-state index in [9.17, 15) is 24.0 Å². The van der Waals surface area contributed by atoms with Crippen LogP contribution >= 0.6 is 11.8 Å². The highest BCUT2D eigenvalue weighted by molar-refractivity contribution is 8.00. The van der Waals surface area contributed by atoms with Crippen molar-refractivity contribution in [1.82, 2.24) is 0 Å². The predicted octanol–water partition coefficient (Wildman–Crippen LogP) is 6.49. The molecule has 11 heteroatoms. The van der Waals surface area contributed by atoms with Gasteiger partial charge in [0, 0.05) is 18.1 Å². The molecule has 6 rings (SSSR count). The number of ether oxygens (including phenoxy) is 5. The van der Waals surface area contributed by atoms with Gasteiger partial charge in [-0.3, -0.25) is 4.79 Å². The summed E-state index contributed by atoms with van der Waals surface area (Å²) in [5.41, 5.74) is -0.0761. The molecule has 1 saturated heterocycles. The van der Waals surface area contributed by atoms with Crippen LogP contribution in [0.5, 0.6) is 0 Å². The van der Waals surface area contributed by atoms with E-state index >= 15 is 0 Å². The lowest BCUT2D eigenvalue weighted by atomic mass is 9.98. The summed E-state index contributed by atoms with van der Waals surface area (Å²) in [4.78, 5) is 66.6. The fraction of sp³-hybridized carbons (Fsp3) is 0.275. The average Bonchev–Trinajstić information content (AvgIpc) is 3.17. The van der Waals surface area contributed by atoms with Crippen LogP contribution in [0.3, 0.4) is 0 Å². The Labute approximate surface area is 299 Å². The minimum absolute atomic E-state index is 0.0995. The molecule has 6 atom stereocenters. The molecule has 4 aromatic rings. The van der Waals surface area contributed by atoms with Gasteiger partial charge in [-0.2, -0.15) is 0 Å². The van der Waals surface area contributed by atoms with Crippen molar-refractivity contribution in [3.8, 4) is 0 Å². The quantitative estimate of drug-likeness (QED) is 0.125. The first-order valence-corrected chi connectivity index (χ1v) is 17.6. The molecule has 0 radical (unpaired) electrons. The molecule has 2 fully saturated rings. The number of hydrogen-bond donors (Lipinski definition) is 0. The third kappa shape index (κ3) is 9.30. The number of carbonyl (C=O) groups excluding carboxylic acids is 5. The second kappa shape index (κ2) is 17.1. The molecule has 1 aliphatic heterocycles. The maximum absolute atomic E-state index is 13.7. The Hall–Kier alpha value is -5.26. The molecule has 2 aliphatic rings. The second-order valence-electron chi connectivity index (χ2n) is 12.1. The van der Waals surface area contributed by atoms with Gasteiger partial charge >= 0.3 is 23.9 Å². The topological polar surface area (TPSA) is 132 Å². The molecular formula is C40H36O10S. The van der Waals surface area contributed by atoms with E-state index in [2.05, 4.69) is 0 Å². The van der Waals surface area contributed by atoms with E-state index in [0.717, 1.165) is 0 Å². The smallest absolute Gasteiger partial charge is 0.338 e. The fourth-order valence-electron chi connectivity index (χ4n) is 5.93. The molecule has 262 valence electrons. The lowest BCUT2D eigenvalue weighted by molar-refractivity contribution is -0.207. The lowest BCUT2D eigenvalue weighted by Crippen LogP contribution is -2.62. The Morgan fingerprint density at radius 1 is 0.588 bits per heavy atom. The van der Waals surface area contributed by atoms with Crippen molar-refractivity contribution in [3.63, 3.8) is 0 Å². The van der Waals surface area contributed by atoms with Crippen LogP contribution in [-0.2, 0) is 28.5 Å². The Kier molecular flexibility index (Phi) is 11.9. The van der Waals surface area contributed by atoms with Gasteiger partial charge in [0.2, 0.25) is 0 Å². The summed E-state index contributed by atoms with van der Waals surface area (Å²) < 4.78 is 30.6. The van der Waals surface area contributed by atoms with Crippen LogP contribution in [0.1, 0.15) is 67.1 Å². The van der Waals surface area contributed by atoms with Crippen molar-refractivity contribution in [2.24, 2.45) is 0 Å². The molecule has 0 spiro atoms. The van der Waals surface area contributed by atoms with E-state index in [-0.39, 0.29) is 34.1 Å². The molecule has 0 N–H and O–H groups in total. The molecular weight excluding hydrogens is 672 g/mol. The molecule has 1 unspecified atom stereocenters. The molecule has 0 bridgehead atoms. The Balaban J connectivity index is 1.39. The standard InChI is InChI=1S/C40H36O10S/c41-30-22-13-23-31(24-30)51-40-35(50-39(45)29-20-11-4-12-21-29)34(49-38(44)28-18-9-3-10-19-28)33(48-37(43)27-16-7-2-8-17-27)32(47-40)25-46-36(42)26-14-5-1-6-15-26/h1-12,14-21,31-35,40H,13,22-25H2/t31?,32-,33+,34+,35-,40+/m1/s1. The van der Waals surface area contributed by atoms with Gasteiger partial charge in [-0.25, -0.2) is 19.2 Å². The molecule has 0 amide bonds. The highest BCUT2D eigenvalue weighted by atomic mass is 32.2. The minimum atomic E-state index is -1.43. The summed E-state index contributed by atoms with van der Waals surface area (Å²) in [5.74, 6) is -2.80. The number of esters is 4. The highest BCUT2D eigenvalue weighted by Gasteiger charge is 2.54. The largest absolute Gasteiger partial charge is 0.459 e. The highest BCUT2D eigenvalue weighted by Crippen LogP contribution is 2.40. The maximum atomic E-state index is 13.7. The van der Waals surface area contributed by atoms with Gasteiger partial charge in [-0.1, -0.05) is 72.8 Å². The summed E-state index contributed by atoms with van der Waals surface area (Å²) in [5, 5.41) is -0.199. The predicted molar refractivity (Wildman–Crippen MR) is 187 cm³/mol. The normalized spacial score (nSPS) is 23.0. The number of benzene rings is 4. The van der Waals surface area contributed by atoms with Crippen molar-refractivity contribution in [2.45, 2.75) is 60.8 Å². The third-order valence-electron chi connectivity index (χ3n) is 8.50. The molecule has 1 saturated carbocycles. The molecule has 1 aliphatic carbocycles. The van der Waals surface area contributed by atoms with Gasteiger partial charge in [0.25, 0.3) is 0 Å². The van der Waals surface area contributed by atoms with Gasteiger partial charge < -0.3 is 23.7 Å². The van der Waals surface area contributed by atoms with Crippen LogP contribution in [-0.4, -0.2) is 71.4 Å². The van der Waals surface area contributed by atoms with E-state index in [1.165, 1.54) is 11.8 Å². The molecule has 0 aromatic heterocycles. The van der Waals surface area contributed by atoms with Gasteiger partial charge in [-0.15, -0.1) is 11.8 Å². The summed E-state index contributed by atoms with van der Waals surface area (Å²) in [6.07, 6.45) is -3.20. The van der Waals surface area contributed by atoms with Gasteiger partial charge in [0.1, 0.15) is 23.9 Å². The minimum Gasteiger partial charge on any atom is -0.459 e. The van der Waals surface area contributed by atoms with Crippen molar-refractivity contribution in [2.75, 3.05) is 6.61 Å². The number of carbonyl (C=O) groups is 5. The molecule has 1 heterocycles. The van der Waals surface area contributed by atoms with Gasteiger partial charge in [-0.05, 0) is 61.4 Å². The Bertz CT molecular complexity index is 1800. The zero-order chi connectivity index (χ0) is 35.6. The monoisotopic (exact) mass is 708 g/mol. The molecule has 10 nitrogen and oxygen atoms in total. The first-order chi connectivity index (χ1) is 24.9. The van der Waals surface area contributed by atoms with Crippen LogP contribution in [0.15, 0.2) is 121 Å². The van der Waals surface area contributed by atoms with Crippen molar-refractivity contribution in [3.05, 3.63) is 144 Å². The molecule has 51 heavy (non-hydrogen) atoms. The number of thioether (sulfide) groups is 1. The number of Topliss-reactive ketones (excluding diaryl/α,β-unsaturated/α-hetero) is 1. The van der Waals surface area contributed by atoms with E-state index in [0.29, 0.717) is 24.8 Å². The SMILES string of the molecule is O=C1CCCC(S[C@@H]2O[C@H](COC(=O)c3ccccc3)[C@H](OC(=O)c3ccccc3)[C@H](OC(=O)c3ccccc3)[C@H]2OC(=O)c2ccccc2)C1. The Morgan fingerprint density at radius 2 is 1.02 bits per heavy atom. The van der Waals surface area contributed by atoms with Crippen LogP contribution in [0.2, 0.25) is 0 Å². The van der Waals surface area contributed by atoms with Crippen LogP contribution in [0.25, 0.3) is 0 Å². The lowest BCUT2D eigenvalue weighted by Gasteiger charge is -2.45. The third-order valence-corrected chi connectivity index (χ3v) is 9.94. The van der Waals surface area contributed by atoms with E-state index in [1.54, 1.807) is 121 Å². The summed E-state index contributed by atoms with van der Waals surface area (Å²) in [7, 11) is 0. The first-order valence-electron chi connectivity index (χ1n) is 16.7. The van der Waals surface area contributed by atoms with Gasteiger partial charge in [0.05, 0.1) is 22.3 Å². The maximum Gasteiger partial charge on any atom is 0.338 e. The Morgan fingerprint density at radius 3 is 1.49 bits per heavy atom. The van der Waals surface area contributed by atoms with E-state index < -0.39 is 60.3 Å². The number of ketones is 1. The van der Waals surface area contributed by atoms with E-state index in [1.807, 2.05) is 0 Å². The zero-order valence-corrected chi connectivity index (χ0v) is 28.4.